The van der Waals surface area contributed by atoms with Crippen LogP contribution in [-0.4, -0.2) is 46.0 Å². The van der Waals surface area contributed by atoms with Crippen LogP contribution in [0.2, 0.25) is 0 Å². The molecule has 3 rings (SSSR count). The van der Waals surface area contributed by atoms with Gasteiger partial charge in [0.1, 0.15) is 23.0 Å². The quantitative estimate of drug-likeness (QED) is 0.547. The predicted molar refractivity (Wildman–Crippen MR) is 94.2 cm³/mol. The van der Waals surface area contributed by atoms with Crippen LogP contribution in [-0.2, 0) is 18.6 Å². The van der Waals surface area contributed by atoms with E-state index in [-0.39, 0.29) is 0 Å². The summed E-state index contributed by atoms with van der Waals surface area (Å²) in [5, 5.41) is 25.3. The minimum absolute atomic E-state index is 0.305. The van der Waals surface area contributed by atoms with Gasteiger partial charge in [0.05, 0.1) is 12.8 Å². The molecule has 0 radical (unpaired) electrons. The average Bonchev–Trinajstić information content (AvgIpc) is 3.26. The normalized spacial score (nSPS) is 20.0. The van der Waals surface area contributed by atoms with Gasteiger partial charge in [0, 0.05) is 26.6 Å². The lowest BCUT2D eigenvalue weighted by molar-refractivity contribution is 0.0385. The SMILES string of the molecule is CN=C(NCC1CCc2nnc(C)n2C1)NCC(C)(O)c1ccco1. The van der Waals surface area contributed by atoms with E-state index in [4.69, 9.17) is 4.42 Å². The molecule has 0 saturated carbocycles. The van der Waals surface area contributed by atoms with Crippen LogP contribution in [0.15, 0.2) is 27.8 Å². The van der Waals surface area contributed by atoms with Crippen molar-refractivity contribution in [1.29, 1.82) is 0 Å². The molecule has 0 bridgehead atoms. The van der Waals surface area contributed by atoms with Gasteiger partial charge in [0.2, 0.25) is 0 Å². The number of nitrogens with one attached hydrogen (secondary N) is 2. The van der Waals surface area contributed by atoms with Crippen molar-refractivity contribution in [2.24, 2.45) is 10.9 Å². The summed E-state index contributed by atoms with van der Waals surface area (Å²) in [5.74, 6) is 3.73. The lowest BCUT2D eigenvalue weighted by Crippen LogP contribution is -2.46. The number of aliphatic hydroxyl groups is 1. The Morgan fingerprint density at radius 2 is 2.32 bits per heavy atom. The van der Waals surface area contributed by atoms with E-state index in [1.54, 1.807) is 32.4 Å². The monoisotopic (exact) mass is 346 g/mol. The van der Waals surface area contributed by atoms with E-state index in [0.717, 1.165) is 37.6 Å². The van der Waals surface area contributed by atoms with Crippen LogP contribution < -0.4 is 10.6 Å². The van der Waals surface area contributed by atoms with E-state index in [2.05, 4.69) is 30.4 Å². The highest BCUT2D eigenvalue weighted by atomic mass is 16.4. The molecule has 136 valence electrons. The molecule has 8 nitrogen and oxygen atoms in total. The number of fused-ring (bicyclic) bond motifs is 1. The average molecular weight is 346 g/mol. The fraction of sp³-hybridized carbons (Fsp3) is 0.588. The number of furan rings is 1. The molecule has 1 aliphatic heterocycles. The van der Waals surface area contributed by atoms with Crippen LogP contribution in [0, 0.1) is 12.8 Å². The van der Waals surface area contributed by atoms with Gasteiger partial charge in [-0.3, -0.25) is 4.99 Å². The molecule has 2 unspecified atom stereocenters. The van der Waals surface area contributed by atoms with Gasteiger partial charge in [-0.25, -0.2) is 0 Å². The lowest BCUT2D eigenvalue weighted by atomic mass is 9.99. The molecule has 2 aromatic heterocycles. The van der Waals surface area contributed by atoms with Crippen molar-refractivity contribution in [1.82, 2.24) is 25.4 Å². The van der Waals surface area contributed by atoms with Crippen molar-refractivity contribution in [3.05, 3.63) is 35.8 Å². The van der Waals surface area contributed by atoms with Gasteiger partial charge in [-0.1, -0.05) is 0 Å². The maximum atomic E-state index is 10.5. The third-order valence-electron chi connectivity index (χ3n) is 4.66. The van der Waals surface area contributed by atoms with E-state index in [0.29, 0.717) is 24.2 Å². The van der Waals surface area contributed by atoms with E-state index >= 15 is 0 Å². The topological polar surface area (TPSA) is 100 Å². The molecule has 2 atom stereocenters. The largest absolute Gasteiger partial charge is 0.466 e. The number of guanidine groups is 1. The molecule has 0 saturated heterocycles. The first-order valence-corrected chi connectivity index (χ1v) is 8.59. The van der Waals surface area contributed by atoms with Crippen molar-refractivity contribution < 1.29 is 9.52 Å². The molecule has 0 amide bonds. The van der Waals surface area contributed by atoms with Gasteiger partial charge >= 0.3 is 0 Å². The summed E-state index contributed by atoms with van der Waals surface area (Å²) >= 11 is 0. The van der Waals surface area contributed by atoms with Crippen molar-refractivity contribution in [2.45, 2.75) is 38.8 Å². The third kappa shape index (κ3) is 4.01. The molecule has 0 fully saturated rings. The second-order valence-corrected chi connectivity index (χ2v) is 6.74. The number of rotatable bonds is 5. The van der Waals surface area contributed by atoms with E-state index < -0.39 is 5.60 Å². The molecule has 3 N–H and O–H groups in total. The number of aromatic nitrogens is 3. The second-order valence-electron chi connectivity index (χ2n) is 6.74. The first-order chi connectivity index (χ1) is 12.0. The highest BCUT2D eigenvalue weighted by molar-refractivity contribution is 5.79. The first-order valence-electron chi connectivity index (χ1n) is 8.59. The van der Waals surface area contributed by atoms with Gasteiger partial charge in [-0.15, -0.1) is 10.2 Å². The third-order valence-corrected chi connectivity index (χ3v) is 4.66. The van der Waals surface area contributed by atoms with Gasteiger partial charge in [0.15, 0.2) is 5.96 Å². The fourth-order valence-corrected chi connectivity index (χ4v) is 3.09. The minimum Gasteiger partial charge on any atom is -0.466 e. The van der Waals surface area contributed by atoms with Crippen LogP contribution in [0.25, 0.3) is 0 Å². The maximum Gasteiger partial charge on any atom is 0.191 e. The summed E-state index contributed by atoms with van der Waals surface area (Å²) in [6.45, 7) is 5.73. The summed E-state index contributed by atoms with van der Waals surface area (Å²) in [6.07, 6.45) is 3.58. The molecule has 0 aliphatic carbocycles. The molecule has 2 aromatic rings. The summed E-state index contributed by atoms with van der Waals surface area (Å²) in [6, 6.07) is 3.53. The Kier molecular flexibility index (Phi) is 5.08. The summed E-state index contributed by atoms with van der Waals surface area (Å²) in [7, 11) is 1.72. The van der Waals surface area contributed by atoms with Crippen molar-refractivity contribution in [3.63, 3.8) is 0 Å². The Labute approximate surface area is 147 Å². The lowest BCUT2D eigenvalue weighted by Gasteiger charge is -2.26. The Bertz CT molecular complexity index is 720. The Balaban J connectivity index is 1.49. The van der Waals surface area contributed by atoms with E-state index in [1.807, 2.05) is 6.92 Å². The zero-order valence-corrected chi connectivity index (χ0v) is 15.0. The number of hydrogen-bond donors (Lipinski definition) is 3. The van der Waals surface area contributed by atoms with Crippen molar-refractivity contribution in [3.8, 4) is 0 Å². The Morgan fingerprint density at radius 1 is 1.48 bits per heavy atom. The van der Waals surface area contributed by atoms with Gasteiger partial charge in [-0.05, 0) is 38.3 Å². The van der Waals surface area contributed by atoms with Gasteiger partial charge in [-0.2, -0.15) is 0 Å². The zero-order chi connectivity index (χ0) is 17.9. The van der Waals surface area contributed by atoms with Crippen LogP contribution >= 0.6 is 0 Å². The smallest absolute Gasteiger partial charge is 0.191 e. The Hall–Kier alpha value is -2.35. The minimum atomic E-state index is -1.10. The molecule has 8 heteroatoms. The number of hydrogen-bond acceptors (Lipinski definition) is 5. The van der Waals surface area contributed by atoms with Crippen LogP contribution in [0.5, 0.6) is 0 Å². The number of aryl methyl sites for hydroxylation is 2. The molecule has 3 heterocycles. The molecule has 1 aliphatic rings. The molecule has 0 aromatic carbocycles. The standard InChI is InChI=1S/C17H26N6O2/c1-12-21-22-15-7-6-13(10-23(12)15)9-19-16(18-3)20-11-17(2,24)14-5-4-8-25-14/h4-5,8,13,24H,6-7,9-11H2,1-3H3,(H2,18,19,20). The maximum absolute atomic E-state index is 10.5. The molecular weight excluding hydrogens is 320 g/mol. The van der Waals surface area contributed by atoms with Crippen LogP contribution in [0.1, 0.15) is 30.8 Å². The van der Waals surface area contributed by atoms with E-state index in [1.165, 1.54) is 0 Å². The molecule has 0 spiro atoms. The summed E-state index contributed by atoms with van der Waals surface area (Å²) in [4.78, 5) is 4.23. The number of nitrogens with zero attached hydrogens (tertiary/aromatic N) is 4. The van der Waals surface area contributed by atoms with Gasteiger partial charge < -0.3 is 24.7 Å². The predicted octanol–water partition coefficient (Wildman–Crippen LogP) is 0.815. The van der Waals surface area contributed by atoms with Crippen molar-refractivity contribution >= 4 is 5.96 Å². The second kappa shape index (κ2) is 7.26. The molecule has 25 heavy (non-hydrogen) atoms. The molecular formula is C17H26N6O2. The number of aliphatic imine (C=N–C) groups is 1. The fourth-order valence-electron chi connectivity index (χ4n) is 3.09. The summed E-state index contributed by atoms with van der Waals surface area (Å²) < 4.78 is 7.48. The zero-order valence-electron chi connectivity index (χ0n) is 15.0. The van der Waals surface area contributed by atoms with Crippen LogP contribution in [0.3, 0.4) is 0 Å². The highest BCUT2D eigenvalue weighted by Gasteiger charge is 2.27. The van der Waals surface area contributed by atoms with Gasteiger partial charge in [0.25, 0.3) is 0 Å². The Morgan fingerprint density at radius 3 is 3.04 bits per heavy atom. The van der Waals surface area contributed by atoms with E-state index in [9.17, 15) is 5.11 Å². The first kappa shape index (κ1) is 17.5. The van der Waals surface area contributed by atoms with Crippen molar-refractivity contribution in [2.75, 3.05) is 20.1 Å². The van der Waals surface area contributed by atoms with Crippen LogP contribution in [0.4, 0.5) is 0 Å². The summed E-state index contributed by atoms with van der Waals surface area (Å²) in [5.41, 5.74) is -1.10. The highest BCUT2D eigenvalue weighted by Crippen LogP contribution is 2.20.